The van der Waals surface area contributed by atoms with Crippen LogP contribution in [0.2, 0.25) is 0 Å². The van der Waals surface area contributed by atoms with Gasteiger partial charge in [-0.05, 0) is 77.0 Å². The van der Waals surface area contributed by atoms with Crippen molar-refractivity contribution < 1.29 is 9.53 Å². The van der Waals surface area contributed by atoms with Gasteiger partial charge in [0.2, 0.25) is 0 Å². The Morgan fingerprint density at radius 1 is 0.759 bits per heavy atom. The van der Waals surface area contributed by atoms with Gasteiger partial charge < -0.3 is 4.74 Å². The van der Waals surface area contributed by atoms with E-state index in [0.29, 0.717) is 23.7 Å². The van der Waals surface area contributed by atoms with E-state index in [4.69, 9.17) is 4.74 Å². The largest absolute Gasteiger partial charge is 0.468 e. The molecule has 3 saturated carbocycles. The van der Waals surface area contributed by atoms with Crippen molar-refractivity contribution in [1.82, 2.24) is 0 Å². The molecule has 0 aromatic heterocycles. The standard InChI is InChI=1S/C27H28O2/c1-26-19-13-14-20(26)22-16-15-21(19)27(22,25(28)29-2)24(18-11-7-4-8-12-18)23(26)17-9-5-3-6-10-17/h3-12,19-22H,13-16H2,1-2H3. The van der Waals surface area contributed by atoms with Gasteiger partial charge in [0.25, 0.3) is 0 Å². The second kappa shape index (κ2) is 5.84. The number of carbonyl (C=O) groups is 1. The van der Waals surface area contributed by atoms with E-state index < -0.39 is 5.41 Å². The van der Waals surface area contributed by atoms with E-state index in [2.05, 4.69) is 67.6 Å². The third-order valence-electron chi connectivity index (χ3n) is 9.11. The van der Waals surface area contributed by atoms with Crippen LogP contribution in [0.3, 0.4) is 0 Å². The maximum Gasteiger partial charge on any atom is 0.316 e. The van der Waals surface area contributed by atoms with E-state index in [0.717, 1.165) is 12.8 Å². The Hall–Kier alpha value is -2.35. The molecule has 2 aromatic rings. The highest BCUT2D eigenvalue weighted by Gasteiger charge is 2.77. The van der Waals surface area contributed by atoms with Gasteiger partial charge in [-0.1, -0.05) is 67.6 Å². The number of carbonyl (C=O) groups excluding carboxylic acids is 1. The average Bonchev–Trinajstić information content (AvgIpc) is 3.23. The van der Waals surface area contributed by atoms with Crippen LogP contribution in [-0.2, 0) is 9.53 Å². The molecular formula is C27H28O2. The zero-order valence-corrected chi connectivity index (χ0v) is 17.2. The van der Waals surface area contributed by atoms with E-state index in [1.807, 2.05) is 0 Å². The summed E-state index contributed by atoms with van der Waals surface area (Å²) in [5.74, 6) is 1.98. The molecule has 0 aliphatic heterocycles. The fraction of sp³-hybridized carbons (Fsp3) is 0.444. The summed E-state index contributed by atoms with van der Waals surface area (Å²) < 4.78 is 5.61. The lowest BCUT2D eigenvalue weighted by Gasteiger charge is -2.62. The van der Waals surface area contributed by atoms with Crippen LogP contribution in [0.25, 0.3) is 11.1 Å². The fourth-order valence-corrected chi connectivity index (χ4v) is 8.44. The van der Waals surface area contributed by atoms with E-state index in [9.17, 15) is 4.79 Å². The number of esters is 1. The maximum atomic E-state index is 13.7. The Kier molecular flexibility index (Phi) is 3.53. The van der Waals surface area contributed by atoms with Crippen molar-refractivity contribution >= 4 is 17.1 Å². The molecule has 0 spiro atoms. The summed E-state index contributed by atoms with van der Waals surface area (Å²) in [4.78, 5) is 13.7. The first kappa shape index (κ1) is 17.5. The lowest BCUT2D eigenvalue weighted by molar-refractivity contribution is -0.162. The number of ether oxygens (including phenoxy) is 1. The van der Waals surface area contributed by atoms with Crippen LogP contribution < -0.4 is 0 Å². The molecule has 2 aromatic carbocycles. The summed E-state index contributed by atoms with van der Waals surface area (Å²) in [6.07, 6.45) is 4.82. The minimum absolute atomic E-state index is 0.0101. The molecule has 2 nitrogen and oxygen atoms in total. The molecule has 0 saturated heterocycles. The normalized spacial score (nSPS) is 39.1. The fourth-order valence-electron chi connectivity index (χ4n) is 8.44. The number of allylic oxidation sites excluding steroid dienone is 1. The van der Waals surface area contributed by atoms with E-state index in [1.54, 1.807) is 7.11 Å². The molecule has 5 aliphatic rings. The Morgan fingerprint density at radius 2 is 1.21 bits per heavy atom. The van der Waals surface area contributed by atoms with Crippen molar-refractivity contribution in [2.45, 2.75) is 32.6 Å². The zero-order valence-electron chi connectivity index (χ0n) is 17.2. The van der Waals surface area contributed by atoms with Crippen molar-refractivity contribution in [3.8, 4) is 0 Å². The Bertz CT molecular complexity index is 983. The SMILES string of the molecule is COC(=O)C12C(c3ccccc3)=C(c3ccccc3)C3(C)C4CCC3C1CCC42. The molecule has 0 heterocycles. The predicted molar refractivity (Wildman–Crippen MR) is 115 cm³/mol. The van der Waals surface area contributed by atoms with Crippen LogP contribution in [0.15, 0.2) is 60.7 Å². The highest BCUT2D eigenvalue weighted by atomic mass is 16.5. The first-order valence-electron chi connectivity index (χ1n) is 11.1. The van der Waals surface area contributed by atoms with Crippen LogP contribution >= 0.6 is 0 Å². The predicted octanol–water partition coefficient (Wildman–Crippen LogP) is 5.84. The Morgan fingerprint density at radius 3 is 1.69 bits per heavy atom. The number of benzene rings is 2. The highest BCUT2D eigenvalue weighted by molar-refractivity contribution is 6.08. The molecule has 4 atom stereocenters. The molecule has 4 unspecified atom stereocenters. The molecule has 0 radical (unpaired) electrons. The van der Waals surface area contributed by atoms with Crippen molar-refractivity contribution in [2.24, 2.45) is 34.5 Å². The van der Waals surface area contributed by atoms with Gasteiger partial charge >= 0.3 is 5.97 Å². The first-order chi connectivity index (χ1) is 14.1. The second-order valence-corrected chi connectivity index (χ2v) is 9.71. The van der Waals surface area contributed by atoms with Gasteiger partial charge in [-0.2, -0.15) is 0 Å². The monoisotopic (exact) mass is 384 g/mol. The van der Waals surface area contributed by atoms with E-state index in [-0.39, 0.29) is 11.4 Å². The molecule has 148 valence electrons. The van der Waals surface area contributed by atoms with Crippen LogP contribution in [0.4, 0.5) is 0 Å². The highest BCUT2D eigenvalue weighted by Crippen LogP contribution is 2.81. The van der Waals surface area contributed by atoms with Crippen molar-refractivity contribution in [3.05, 3.63) is 71.8 Å². The van der Waals surface area contributed by atoms with E-state index in [1.165, 1.54) is 35.1 Å². The Balaban J connectivity index is 1.77. The summed E-state index contributed by atoms with van der Waals surface area (Å²) in [5.41, 5.74) is 4.87. The second-order valence-electron chi connectivity index (χ2n) is 9.71. The lowest BCUT2D eigenvalue weighted by atomic mass is 9.40. The third kappa shape index (κ3) is 1.87. The van der Waals surface area contributed by atoms with Gasteiger partial charge in [-0.15, -0.1) is 0 Å². The number of hydrogen-bond donors (Lipinski definition) is 0. The summed E-state index contributed by atoms with van der Waals surface area (Å²) >= 11 is 0. The average molecular weight is 385 g/mol. The number of rotatable bonds is 3. The van der Waals surface area contributed by atoms with Crippen molar-refractivity contribution in [1.29, 1.82) is 0 Å². The molecule has 29 heavy (non-hydrogen) atoms. The molecular weight excluding hydrogens is 356 g/mol. The summed E-state index contributed by atoms with van der Waals surface area (Å²) in [6, 6.07) is 21.5. The van der Waals surface area contributed by atoms with Gasteiger partial charge in [0.15, 0.2) is 0 Å². The molecule has 3 fully saturated rings. The quantitative estimate of drug-likeness (QED) is 0.621. The summed E-state index contributed by atoms with van der Waals surface area (Å²) in [7, 11) is 1.59. The van der Waals surface area contributed by atoms with Gasteiger partial charge in [0, 0.05) is 0 Å². The summed E-state index contributed by atoms with van der Waals surface area (Å²) in [5, 5.41) is 0. The lowest BCUT2D eigenvalue weighted by Crippen LogP contribution is -2.59. The molecule has 2 heteroatoms. The zero-order chi connectivity index (χ0) is 19.8. The molecule has 6 bridgehead atoms. The van der Waals surface area contributed by atoms with Crippen molar-refractivity contribution in [3.63, 3.8) is 0 Å². The smallest absolute Gasteiger partial charge is 0.316 e. The third-order valence-corrected chi connectivity index (χ3v) is 9.11. The molecule has 0 amide bonds. The van der Waals surface area contributed by atoms with Crippen LogP contribution in [-0.4, -0.2) is 13.1 Å². The van der Waals surface area contributed by atoms with Gasteiger partial charge in [0.05, 0.1) is 12.5 Å². The first-order valence-corrected chi connectivity index (χ1v) is 11.1. The number of hydrogen-bond acceptors (Lipinski definition) is 2. The van der Waals surface area contributed by atoms with Crippen LogP contribution in [0.1, 0.15) is 43.7 Å². The molecule has 7 rings (SSSR count). The number of methoxy groups -OCH3 is 1. The van der Waals surface area contributed by atoms with E-state index >= 15 is 0 Å². The molecule has 5 aliphatic carbocycles. The summed E-state index contributed by atoms with van der Waals surface area (Å²) in [6.45, 7) is 2.52. The van der Waals surface area contributed by atoms with Crippen LogP contribution in [0.5, 0.6) is 0 Å². The topological polar surface area (TPSA) is 26.3 Å². The van der Waals surface area contributed by atoms with Crippen molar-refractivity contribution in [2.75, 3.05) is 7.11 Å². The van der Waals surface area contributed by atoms with Gasteiger partial charge in [-0.3, -0.25) is 4.79 Å². The van der Waals surface area contributed by atoms with Crippen LogP contribution in [0, 0.1) is 34.5 Å². The Labute approximate surface area is 173 Å². The van der Waals surface area contributed by atoms with Gasteiger partial charge in [-0.25, -0.2) is 0 Å². The molecule has 0 N–H and O–H groups in total. The maximum absolute atomic E-state index is 13.7. The minimum Gasteiger partial charge on any atom is -0.468 e. The minimum atomic E-state index is -0.481. The van der Waals surface area contributed by atoms with Gasteiger partial charge in [0.1, 0.15) is 0 Å².